The maximum Gasteiger partial charge on any atom is 0.320 e. The Hall–Kier alpha value is -4.33. The van der Waals surface area contributed by atoms with Gasteiger partial charge in [0.05, 0.1) is 7.11 Å². The smallest absolute Gasteiger partial charge is 0.320 e. The summed E-state index contributed by atoms with van der Waals surface area (Å²) in [6, 6.07) is 20.1. The number of hydrogen-bond acceptors (Lipinski definition) is 4. The number of carbonyl (C=O) groups is 2. The molecule has 186 valence electrons. The number of amides is 3. The fourth-order valence-electron chi connectivity index (χ4n) is 4.17. The number of urea groups is 1. The van der Waals surface area contributed by atoms with Gasteiger partial charge in [-0.1, -0.05) is 35.9 Å². The number of carbonyl (C=O) groups excluding carboxylic acids is 2. The number of rotatable bonds is 7. The zero-order valence-corrected chi connectivity index (χ0v) is 20.5. The van der Waals surface area contributed by atoms with Crippen molar-refractivity contribution >= 4 is 29.1 Å². The van der Waals surface area contributed by atoms with Crippen LogP contribution in [0, 0.1) is 12.3 Å². The first kappa shape index (κ1) is 24.8. The molecule has 0 aliphatic carbocycles. The second-order valence-corrected chi connectivity index (χ2v) is 8.75. The number of amidine groups is 1. The number of nitrogens with one attached hydrogen (secondary N) is 4. The first-order valence-electron chi connectivity index (χ1n) is 12.0. The second-order valence-electron chi connectivity index (χ2n) is 8.75. The van der Waals surface area contributed by atoms with Crippen LogP contribution in [-0.2, 0) is 4.79 Å². The summed E-state index contributed by atoms with van der Waals surface area (Å²) in [5.74, 6) is 0.565. The van der Waals surface area contributed by atoms with E-state index in [0.29, 0.717) is 28.5 Å². The molecule has 4 N–H and O–H groups in total. The van der Waals surface area contributed by atoms with Gasteiger partial charge in [0.1, 0.15) is 17.6 Å². The van der Waals surface area contributed by atoms with E-state index < -0.39 is 18.0 Å². The number of para-hydroxylation sites is 1. The quantitative estimate of drug-likeness (QED) is 0.281. The Morgan fingerprint density at radius 1 is 0.889 bits per heavy atom. The number of hydrogen-bond donors (Lipinski definition) is 4. The summed E-state index contributed by atoms with van der Waals surface area (Å²) < 4.78 is 5.45. The lowest BCUT2D eigenvalue weighted by atomic mass is 10.0. The van der Waals surface area contributed by atoms with E-state index in [1.165, 1.54) is 7.11 Å². The van der Waals surface area contributed by atoms with Crippen LogP contribution in [0.5, 0.6) is 5.75 Å². The third-order valence-electron chi connectivity index (χ3n) is 6.15. The van der Waals surface area contributed by atoms with Crippen LogP contribution < -0.4 is 20.7 Å². The molecule has 1 fully saturated rings. The summed E-state index contributed by atoms with van der Waals surface area (Å²) in [4.78, 5) is 28.3. The van der Waals surface area contributed by atoms with Crippen LogP contribution in [0.1, 0.15) is 35.6 Å². The van der Waals surface area contributed by atoms with Crippen molar-refractivity contribution in [1.82, 2.24) is 10.2 Å². The van der Waals surface area contributed by atoms with Crippen molar-refractivity contribution in [1.29, 1.82) is 5.41 Å². The Balaban J connectivity index is 1.50. The van der Waals surface area contributed by atoms with Crippen LogP contribution in [0.4, 0.5) is 16.2 Å². The number of nitrogens with zero attached hydrogens (tertiary/aromatic N) is 1. The van der Waals surface area contributed by atoms with Gasteiger partial charge in [0.2, 0.25) is 0 Å². The zero-order chi connectivity index (χ0) is 25.5. The molecule has 0 aromatic heterocycles. The largest absolute Gasteiger partial charge is 0.496 e. The van der Waals surface area contributed by atoms with E-state index in [-0.39, 0.29) is 0 Å². The van der Waals surface area contributed by atoms with Gasteiger partial charge in [-0.3, -0.25) is 10.2 Å². The third-order valence-corrected chi connectivity index (χ3v) is 6.15. The van der Waals surface area contributed by atoms with E-state index >= 15 is 0 Å². The van der Waals surface area contributed by atoms with Gasteiger partial charge in [-0.2, -0.15) is 0 Å². The zero-order valence-electron chi connectivity index (χ0n) is 20.5. The summed E-state index contributed by atoms with van der Waals surface area (Å²) in [5.41, 5.74) is 3.59. The van der Waals surface area contributed by atoms with Crippen LogP contribution in [0.3, 0.4) is 0 Å². The number of likely N-dealkylation sites (tertiary alicyclic amines) is 1. The van der Waals surface area contributed by atoms with E-state index in [0.717, 1.165) is 37.1 Å². The van der Waals surface area contributed by atoms with Gasteiger partial charge in [-0.25, -0.2) is 4.79 Å². The van der Waals surface area contributed by atoms with Crippen molar-refractivity contribution in [2.24, 2.45) is 0 Å². The highest BCUT2D eigenvalue weighted by Gasteiger charge is 2.26. The minimum atomic E-state index is -1.01. The van der Waals surface area contributed by atoms with Crippen molar-refractivity contribution < 1.29 is 14.3 Å². The Morgan fingerprint density at radius 2 is 1.50 bits per heavy atom. The lowest BCUT2D eigenvalue weighted by molar-refractivity contribution is -0.118. The lowest BCUT2D eigenvalue weighted by Gasteiger charge is -2.22. The Bertz CT molecular complexity index is 1220. The van der Waals surface area contributed by atoms with Crippen LogP contribution >= 0.6 is 0 Å². The van der Waals surface area contributed by atoms with Crippen LogP contribution in [0.15, 0.2) is 72.8 Å². The molecule has 3 amide bonds. The SMILES string of the molecule is COc1ccccc1C(NC(=O)Nc1ccc(C)cc1)C(=O)Nc1ccc(C(=N)N2CCCC2)cc1. The molecule has 4 rings (SSSR count). The molecule has 1 unspecified atom stereocenters. The van der Waals surface area contributed by atoms with Crippen molar-refractivity contribution in [3.05, 3.63) is 89.5 Å². The monoisotopic (exact) mass is 485 g/mol. The first-order chi connectivity index (χ1) is 17.4. The molecule has 1 atom stereocenters. The maximum absolute atomic E-state index is 13.4. The highest BCUT2D eigenvalue weighted by Crippen LogP contribution is 2.26. The van der Waals surface area contributed by atoms with E-state index in [1.54, 1.807) is 48.5 Å². The van der Waals surface area contributed by atoms with Gasteiger partial charge in [0.25, 0.3) is 5.91 Å². The van der Waals surface area contributed by atoms with Crippen LogP contribution in [-0.4, -0.2) is 42.9 Å². The molecule has 3 aromatic carbocycles. The van der Waals surface area contributed by atoms with Gasteiger partial charge in [-0.05, 0) is 62.2 Å². The summed E-state index contributed by atoms with van der Waals surface area (Å²) in [6.45, 7) is 3.76. The van der Waals surface area contributed by atoms with E-state index in [1.807, 2.05) is 31.2 Å². The van der Waals surface area contributed by atoms with Crippen LogP contribution in [0.2, 0.25) is 0 Å². The number of ether oxygens (including phenoxy) is 1. The highest BCUT2D eigenvalue weighted by molar-refractivity contribution is 6.01. The van der Waals surface area contributed by atoms with E-state index in [4.69, 9.17) is 10.1 Å². The Labute approximate surface area is 211 Å². The maximum atomic E-state index is 13.4. The molecule has 0 bridgehead atoms. The molecule has 1 saturated heterocycles. The number of anilines is 2. The van der Waals surface area contributed by atoms with E-state index in [9.17, 15) is 9.59 Å². The Morgan fingerprint density at radius 3 is 2.17 bits per heavy atom. The van der Waals surface area contributed by atoms with Gasteiger partial charge in [-0.15, -0.1) is 0 Å². The fourth-order valence-corrected chi connectivity index (χ4v) is 4.17. The minimum absolute atomic E-state index is 0.416. The molecule has 0 saturated carbocycles. The molecule has 1 aliphatic rings. The minimum Gasteiger partial charge on any atom is -0.496 e. The third kappa shape index (κ3) is 6.02. The summed E-state index contributed by atoms with van der Waals surface area (Å²) in [5, 5.41) is 16.8. The molecule has 8 nitrogen and oxygen atoms in total. The van der Waals surface area contributed by atoms with Crippen molar-refractivity contribution in [2.45, 2.75) is 25.8 Å². The summed E-state index contributed by atoms with van der Waals surface area (Å²) in [7, 11) is 1.52. The first-order valence-corrected chi connectivity index (χ1v) is 12.0. The molecule has 0 spiro atoms. The topological polar surface area (TPSA) is 107 Å². The molecule has 0 radical (unpaired) electrons. The second kappa shape index (κ2) is 11.4. The standard InChI is InChI=1S/C28H31N5O3/c1-19-9-13-22(14-10-19)31-28(35)32-25(23-7-3-4-8-24(23)36-2)27(34)30-21-15-11-20(12-16-21)26(29)33-17-5-6-18-33/h3-4,7-16,25,29H,5-6,17-18H2,1-2H3,(H,30,34)(H2,31,32,35). The average Bonchev–Trinajstić information content (AvgIpc) is 3.44. The molecule has 3 aromatic rings. The fraction of sp³-hybridized carbons (Fsp3) is 0.250. The number of methoxy groups -OCH3 is 1. The molecule has 8 heteroatoms. The summed E-state index contributed by atoms with van der Waals surface area (Å²) in [6.07, 6.45) is 2.21. The lowest BCUT2D eigenvalue weighted by Crippen LogP contribution is -2.39. The van der Waals surface area contributed by atoms with Gasteiger partial charge in [0, 0.05) is 35.6 Å². The number of aryl methyl sites for hydroxylation is 1. The number of benzene rings is 3. The van der Waals surface area contributed by atoms with Crippen LogP contribution in [0.25, 0.3) is 0 Å². The molecular weight excluding hydrogens is 454 g/mol. The predicted octanol–water partition coefficient (Wildman–Crippen LogP) is 4.93. The van der Waals surface area contributed by atoms with Gasteiger partial charge in [0.15, 0.2) is 0 Å². The molecule has 36 heavy (non-hydrogen) atoms. The van der Waals surface area contributed by atoms with Crippen molar-refractivity contribution in [2.75, 3.05) is 30.8 Å². The van der Waals surface area contributed by atoms with Crippen molar-refractivity contribution in [3.63, 3.8) is 0 Å². The highest BCUT2D eigenvalue weighted by atomic mass is 16.5. The molecular formula is C28H31N5O3. The van der Waals surface area contributed by atoms with Crippen molar-refractivity contribution in [3.8, 4) is 5.75 Å². The van der Waals surface area contributed by atoms with Gasteiger partial charge < -0.3 is 25.6 Å². The average molecular weight is 486 g/mol. The van der Waals surface area contributed by atoms with E-state index in [2.05, 4.69) is 20.9 Å². The molecule has 1 heterocycles. The molecule has 1 aliphatic heterocycles. The van der Waals surface area contributed by atoms with Gasteiger partial charge >= 0.3 is 6.03 Å². The normalized spacial score (nSPS) is 13.6. The predicted molar refractivity (Wildman–Crippen MR) is 142 cm³/mol. The Kier molecular flexibility index (Phi) is 7.85. The summed E-state index contributed by atoms with van der Waals surface area (Å²) >= 11 is 0.